The fourth-order valence-electron chi connectivity index (χ4n) is 50.6. The minimum absolute atomic E-state index is 0.556. The highest BCUT2D eigenvalue weighted by Crippen LogP contribution is 2.77. The van der Waals surface area contributed by atoms with Crippen molar-refractivity contribution in [2.45, 2.75) is 585 Å². The molecule has 0 saturated heterocycles. The largest absolute Gasteiger partial charge is 0.112 e. The molecule has 49 atom stereocenters. The molecule has 0 N–H and O–H groups in total. The fourth-order valence-corrected chi connectivity index (χ4v) is 76.7. The van der Waals surface area contributed by atoms with Gasteiger partial charge in [0.05, 0.1) is 32.3 Å². The number of hydrogen-bond acceptors (Lipinski definition) is 0. The summed E-state index contributed by atoms with van der Waals surface area (Å²) in [6.45, 7) is 64.6. The molecule has 0 heterocycles. The Balaban J connectivity index is 0.000000125. The van der Waals surface area contributed by atoms with E-state index in [0.717, 1.165) is 264 Å². The van der Waals surface area contributed by atoms with E-state index in [1.54, 1.807) is 376 Å². The van der Waals surface area contributed by atoms with Crippen LogP contribution < -0.4 is 0 Å². The average Bonchev–Trinajstić information content (AvgIpc) is 1.55. The molecule has 24 aliphatic carbocycles. The predicted molar refractivity (Wildman–Crippen MR) is 656 cm³/mol. The fraction of sp³-hybridized carbons (Fsp3) is 1.00. The van der Waals surface area contributed by atoms with Crippen molar-refractivity contribution in [1.82, 2.24) is 0 Å². The molecule has 0 nitrogen and oxygen atoms in total. The first-order valence-electron chi connectivity index (χ1n) is 66.3. The molecule has 24 fully saturated rings. The van der Waals surface area contributed by atoms with Gasteiger partial charge in [0.1, 0.15) is 17.3 Å². The van der Waals surface area contributed by atoms with Gasteiger partial charge in [-0.15, -0.1) is 92.8 Å². The van der Waals surface area contributed by atoms with Crippen molar-refractivity contribution in [3.05, 3.63) is 0 Å². The highest BCUT2D eigenvalue weighted by atomic mass is 35.5. The summed E-state index contributed by atoms with van der Waals surface area (Å²) in [7, 11) is -5.26. The lowest BCUT2D eigenvalue weighted by atomic mass is 9.61. The minimum atomic E-state index is -1.38. The molecule has 0 aromatic rings. The Morgan fingerprint density at radius 1 is 0.151 bits per heavy atom. The van der Waals surface area contributed by atoms with E-state index in [1.165, 1.54) is 54.5 Å². The Bertz CT molecular complexity index is 3650. The van der Waals surface area contributed by atoms with Crippen LogP contribution in [0.1, 0.15) is 471 Å². The summed E-state index contributed by atoms with van der Waals surface area (Å²) >= 11 is 42.4. The van der Waals surface area contributed by atoms with Crippen molar-refractivity contribution in [2.75, 3.05) is 0 Å². The van der Waals surface area contributed by atoms with E-state index in [1.807, 2.05) is 0 Å². The summed E-state index contributed by atoms with van der Waals surface area (Å²) in [5.41, 5.74) is 9.16. The van der Waals surface area contributed by atoms with E-state index in [9.17, 15) is 0 Å². The third kappa shape index (κ3) is 25.7. The van der Waals surface area contributed by atoms with Gasteiger partial charge >= 0.3 is 0 Å². The lowest BCUT2D eigenvalue weighted by molar-refractivity contribution is 0.0481. The molecule has 0 amide bonds. The lowest BCUT2D eigenvalue weighted by Crippen LogP contribution is -2.48. The molecule has 844 valence electrons. The second kappa shape index (κ2) is 49.3. The number of hydrogen-bond donors (Lipinski definition) is 0. The smallest absolute Gasteiger partial charge is 0.102 e. The van der Waals surface area contributed by atoms with Crippen molar-refractivity contribution >= 4 is 125 Å². The quantitative estimate of drug-likeness (QED) is 0.168. The second-order valence-corrected chi connectivity index (χ2v) is 92.2. The van der Waals surface area contributed by atoms with E-state index in [4.69, 9.17) is 92.8 Å². The second-order valence-electron chi connectivity index (χ2n) is 63.9. The van der Waals surface area contributed by atoms with E-state index in [-0.39, 0.29) is 0 Å². The summed E-state index contributed by atoms with van der Waals surface area (Å²) in [6.07, 6.45) is 85.7. The first-order chi connectivity index (χ1) is 68.8. The van der Waals surface area contributed by atoms with Gasteiger partial charge in [-0.2, -0.15) is 0 Å². The summed E-state index contributed by atoms with van der Waals surface area (Å²) in [4.78, 5) is 0. The van der Waals surface area contributed by atoms with Crippen LogP contribution in [0, 0.1) is 249 Å². The maximum absolute atomic E-state index is 5.30. The Labute approximate surface area is 950 Å². The maximum Gasteiger partial charge on any atom is 0.112 e. The van der Waals surface area contributed by atoms with Crippen LogP contribution >= 0.6 is 92.8 Å². The first-order valence-corrected chi connectivity index (χ1v) is 81.9. The molecule has 146 heavy (non-hydrogen) atoms. The van der Waals surface area contributed by atoms with Crippen molar-refractivity contribution in [3.63, 3.8) is 0 Å². The zero-order valence-electron chi connectivity index (χ0n) is 100. The van der Waals surface area contributed by atoms with Crippen LogP contribution in [-0.4, -0.2) is 49.6 Å². The SMILES string of the molecule is CC(C)(Cl)Cl.CC(C)(Cl)Cl.CC(C)(Cl)Cl.CC(C)(Cl)Cl.CC1C(C)C([Si](C)(C)C2C(C)C(C)C3C4CCCCC4CCC32)C2CCC3CCCCC3C12.CC1C(C)C([Si](C)(C)C2C(C)C(C)C3C4CCCCC4CCC32)C2CCC3CCCCC3C12.CC1CC2C3CCCCC3CCC2C1[Si](C)(C)C1C(C)CC2C3CCCCC3CCC21.C[Si](C)(C1CCC2C3CCCCC3CCC21)C1C2CCCCC2C2CCCCC21. The molecule has 0 bridgehead atoms. The molecule has 0 aliphatic heterocycles. The number of rotatable bonds is 8. The zero-order chi connectivity index (χ0) is 105. The molecule has 0 radical (unpaired) electrons. The minimum Gasteiger partial charge on any atom is -0.102 e. The standard InChI is InChI=1S/2C32H56Si.C30H52Si.C28H48Si.4C3H6Cl2/c2*1-19-21(3)31(27-17-15-23-11-7-9-13-25(23)29(19)27)33(5,6)32-22(4)20(2)30-26-14-10-8-12-24(26)16-18-28(30)32;1-19-17-27-23-11-7-5-9-21(23)13-15-25(27)29(19)31(3,4)30-20(2)18-28-24-12-8-6-10-22(24)14-16-26(28)30;1-29(2,27-18-17-23-20-10-4-3-9-19(20)15-16-24(23)27)28-25-13-7-5-11-21(25)22-12-6-8-14-26(22)28;4*1-3(2,4)5/h2*19-32H,7-18H2,1-6H3;19-30H,5-18H2,1-4H3;19-28H,3-18H2,1-2H3;4*1-2H3. The van der Waals surface area contributed by atoms with Crippen molar-refractivity contribution in [2.24, 2.45) is 249 Å². The van der Waals surface area contributed by atoms with Crippen molar-refractivity contribution in [3.8, 4) is 0 Å². The topological polar surface area (TPSA) is 0 Å². The Hall–Kier alpha value is 3.19. The maximum atomic E-state index is 5.30. The van der Waals surface area contributed by atoms with Crippen LogP contribution in [0.3, 0.4) is 0 Å². The third-order valence-electron chi connectivity index (χ3n) is 53.9. The highest BCUT2D eigenvalue weighted by Gasteiger charge is 2.70. The van der Waals surface area contributed by atoms with Crippen molar-refractivity contribution in [1.29, 1.82) is 0 Å². The number of halogens is 8. The normalized spacial score (nSPS) is 49.2. The first kappa shape index (κ1) is 120. The highest BCUT2D eigenvalue weighted by molar-refractivity contribution is 6.82. The van der Waals surface area contributed by atoms with E-state index in [0.29, 0.717) is 0 Å². The monoisotopic (exact) mass is 2240 g/mol. The Kier molecular flexibility index (Phi) is 40.5. The lowest BCUT2D eigenvalue weighted by Gasteiger charge is -2.51. The Morgan fingerprint density at radius 3 is 0.575 bits per heavy atom. The molecule has 24 aliphatic rings. The summed E-state index contributed by atoms with van der Waals surface area (Å²) < 4.78 is -2.22. The molecule has 0 spiro atoms. The van der Waals surface area contributed by atoms with Crippen LogP contribution in [0.25, 0.3) is 0 Å². The Morgan fingerprint density at radius 2 is 0.322 bits per heavy atom. The van der Waals surface area contributed by atoms with Gasteiger partial charge in [-0.05, 0) is 515 Å². The molecule has 24 rings (SSSR count). The predicted octanol–water partition coefficient (Wildman–Crippen LogP) is 46.0. The van der Waals surface area contributed by atoms with Crippen molar-refractivity contribution < 1.29 is 0 Å². The van der Waals surface area contributed by atoms with Crippen LogP contribution in [0.2, 0.25) is 96.7 Å². The molecule has 0 aromatic heterocycles. The number of alkyl halides is 8. The van der Waals surface area contributed by atoms with Gasteiger partial charge in [0, 0.05) is 0 Å². The molecule has 0 aromatic carbocycles. The summed E-state index contributed by atoms with van der Waals surface area (Å²) in [6, 6.07) is 0. The van der Waals surface area contributed by atoms with Gasteiger partial charge in [0.15, 0.2) is 0 Å². The van der Waals surface area contributed by atoms with E-state index < -0.39 is 49.6 Å². The summed E-state index contributed by atoms with van der Waals surface area (Å²) in [5, 5.41) is 0. The van der Waals surface area contributed by atoms with Gasteiger partial charge < -0.3 is 0 Å². The van der Waals surface area contributed by atoms with Gasteiger partial charge in [-0.25, -0.2) is 0 Å². The van der Waals surface area contributed by atoms with Gasteiger partial charge in [-0.1, -0.05) is 301 Å². The van der Waals surface area contributed by atoms with Gasteiger partial charge in [0.25, 0.3) is 0 Å². The summed E-state index contributed by atoms with van der Waals surface area (Å²) in [5.74, 6) is 46.0. The third-order valence-corrected chi connectivity index (χ3v) is 75.3. The van der Waals surface area contributed by atoms with E-state index in [2.05, 4.69) is 122 Å². The molecule has 12 heteroatoms. The van der Waals surface area contributed by atoms with Crippen LogP contribution in [0.15, 0.2) is 0 Å². The van der Waals surface area contributed by atoms with Crippen LogP contribution in [-0.2, 0) is 0 Å². The van der Waals surface area contributed by atoms with Crippen LogP contribution in [0.4, 0.5) is 0 Å². The zero-order valence-corrected chi connectivity index (χ0v) is 110. The number of fused-ring (bicyclic) bond motifs is 24. The average molecular weight is 2240 g/mol. The molecular weight excluding hydrogens is 2010 g/mol. The molecule has 24 saturated carbocycles. The van der Waals surface area contributed by atoms with Gasteiger partial charge in [0.2, 0.25) is 0 Å². The van der Waals surface area contributed by atoms with Gasteiger partial charge in [-0.3, -0.25) is 0 Å². The molecule has 49 unspecified atom stereocenters. The van der Waals surface area contributed by atoms with Crippen LogP contribution in [0.5, 0.6) is 0 Å². The molecular formula is C134H236Cl8Si4. The van der Waals surface area contributed by atoms with E-state index >= 15 is 0 Å².